The molecular weight excluding hydrogens is 376 g/mol. The summed E-state index contributed by atoms with van der Waals surface area (Å²) in [7, 11) is -0.689. The molecule has 0 radical (unpaired) electrons. The Morgan fingerprint density at radius 1 is 1.27 bits per heavy atom. The zero-order chi connectivity index (χ0) is 19.6. The second kappa shape index (κ2) is 7.77. The fraction of sp³-hybridized carbons (Fsp3) is 0.412. The van der Waals surface area contributed by atoms with E-state index in [1.165, 1.54) is 18.8 Å². The quantitative estimate of drug-likeness (QED) is 0.809. The number of benzene rings is 1. The van der Waals surface area contributed by atoms with Gasteiger partial charge in [0.1, 0.15) is 11.4 Å². The largest absolute Gasteiger partial charge is 0.348 e. The Hall–Kier alpha value is -1.90. The SMILES string of the molecule is Cc1nn(CC(=O)N[C@@H](C)c2ccc(Cl)cc2)c(C)c1S(=O)(=O)N(C)C. The first-order valence-corrected chi connectivity index (χ1v) is 9.87. The number of aromatic nitrogens is 2. The number of aryl methyl sites for hydroxylation is 1. The Morgan fingerprint density at radius 3 is 2.38 bits per heavy atom. The summed E-state index contributed by atoms with van der Waals surface area (Å²) in [4.78, 5) is 12.5. The van der Waals surface area contributed by atoms with E-state index in [1.54, 1.807) is 26.0 Å². The standard InChI is InChI=1S/C17H23ClN4O3S/c1-11(14-6-8-15(18)9-7-14)19-16(23)10-22-13(3)17(12(2)20-22)26(24,25)21(4)5/h6-9,11H,10H2,1-5H3,(H,19,23)/t11-/m0/s1. The molecule has 0 saturated carbocycles. The van der Waals surface area contributed by atoms with E-state index < -0.39 is 10.0 Å². The van der Waals surface area contributed by atoms with Gasteiger partial charge in [-0.05, 0) is 38.5 Å². The maximum Gasteiger partial charge on any atom is 0.246 e. The minimum absolute atomic E-state index is 0.0620. The fourth-order valence-electron chi connectivity index (χ4n) is 2.65. The van der Waals surface area contributed by atoms with Gasteiger partial charge in [-0.2, -0.15) is 5.10 Å². The maximum absolute atomic E-state index is 12.4. The summed E-state index contributed by atoms with van der Waals surface area (Å²) in [6.45, 7) is 5.07. The normalized spacial score (nSPS) is 13.0. The molecule has 9 heteroatoms. The van der Waals surface area contributed by atoms with Crippen molar-refractivity contribution in [3.63, 3.8) is 0 Å². The summed E-state index contributed by atoms with van der Waals surface area (Å²) in [6, 6.07) is 7.01. The molecule has 2 aromatic rings. The molecule has 7 nitrogen and oxygen atoms in total. The van der Waals surface area contributed by atoms with E-state index in [1.807, 2.05) is 19.1 Å². The van der Waals surface area contributed by atoms with Crippen molar-refractivity contribution in [3.05, 3.63) is 46.2 Å². The van der Waals surface area contributed by atoms with Gasteiger partial charge in [0.05, 0.1) is 17.4 Å². The van der Waals surface area contributed by atoms with Crippen molar-refractivity contribution in [2.24, 2.45) is 0 Å². The summed E-state index contributed by atoms with van der Waals surface area (Å²) >= 11 is 5.87. The molecule has 142 valence electrons. The monoisotopic (exact) mass is 398 g/mol. The van der Waals surface area contributed by atoms with Crippen LogP contribution in [0.5, 0.6) is 0 Å². The van der Waals surface area contributed by atoms with Crippen molar-refractivity contribution >= 4 is 27.5 Å². The van der Waals surface area contributed by atoms with Gasteiger partial charge < -0.3 is 5.32 Å². The van der Waals surface area contributed by atoms with Gasteiger partial charge in [0.2, 0.25) is 15.9 Å². The van der Waals surface area contributed by atoms with Crippen molar-refractivity contribution in [1.29, 1.82) is 0 Å². The predicted molar refractivity (Wildman–Crippen MR) is 101 cm³/mol. The summed E-state index contributed by atoms with van der Waals surface area (Å²) in [6.07, 6.45) is 0. The molecule has 1 heterocycles. The Kier molecular flexibility index (Phi) is 6.10. The highest BCUT2D eigenvalue weighted by Gasteiger charge is 2.27. The third kappa shape index (κ3) is 4.25. The first-order valence-electron chi connectivity index (χ1n) is 8.05. The highest BCUT2D eigenvalue weighted by Crippen LogP contribution is 2.22. The Labute approximate surface area is 159 Å². The van der Waals surface area contributed by atoms with Crippen molar-refractivity contribution in [2.75, 3.05) is 14.1 Å². The number of nitrogens with one attached hydrogen (secondary N) is 1. The van der Waals surface area contributed by atoms with E-state index in [4.69, 9.17) is 11.6 Å². The number of carbonyl (C=O) groups excluding carboxylic acids is 1. The number of sulfonamides is 1. The van der Waals surface area contributed by atoms with E-state index in [2.05, 4.69) is 10.4 Å². The second-order valence-corrected chi connectivity index (χ2v) is 8.81. The molecule has 0 aliphatic heterocycles. The van der Waals surface area contributed by atoms with Crippen LogP contribution in [0.3, 0.4) is 0 Å². The first-order chi connectivity index (χ1) is 12.0. The molecule has 0 bridgehead atoms. The van der Waals surface area contributed by atoms with Crippen LogP contribution >= 0.6 is 11.6 Å². The number of halogens is 1. The van der Waals surface area contributed by atoms with Crippen LogP contribution in [0.4, 0.5) is 0 Å². The number of amides is 1. The maximum atomic E-state index is 12.4. The average molecular weight is 399 g/mol. The van der Waals surface area contributed by atoms with E-state index >= 15 is 0 Å². The van der Waals surface area contributed by atoms with Crippen LogP contribution < -0.4 is 5.32 Å². The predicted octanol–water partition coefficient (Wildman–Crippen LogP) is 2.28. The van der Waals surface area contributed by atoms with Gasteiger partial charge in [0.15, 0.2) is 0 Å². The number of nitrogens with zero attached hydrogens (tertiary/aromatic N) is 3. The van der Waals surface area contributed by atoms with Crippen LogP contribution in [0.2, 0.25) is 5.02 Å². The zero-order valence-electron chi connectivity index (χ0n) is 15.4. The Balaban J connectivity index is 2.16. The molecule has 26 heavy (non-hydrogen) atoms. The smallest absolute Gasteiger partial charge is 0.246 e. The van der Waals surface area contributed by atoms with Crippen LogP contribution in [0.1, 0.15) is 29.9 Å². The zero-order valence-corrected chi connectivity index (χ0v) is 17.0. The lowest BCUT2D eigenvalue weighted by molar-refractivity contribution is -0.122. The molecule has 0 unspecified atom stereocenters. The van der Waals surface area contributed by atoms with Gasteiger partial charge in [-0.25, -0.2) is 12.7 Å². The summed E-state index contributed by atoms with van der Waals surface area (Å²) < 4.78 is 27.4. The third-order valence-electron chi connectivity index (χ3n) is 4.09. The van der Waals surface area contributed by atoms with Gasteiger partial charge in [0, 0.05) is 19.1 Å². The van der Waals surface area contributed by atoms with E-state index in [0.29, 0.717) is 16.4 Å². The fourth-order valence-corrected chi connectivity index (χ4v) is 4.03. The summed E-state index contributed by atoms with van der Waals surface area (Å²) in [5.74, 6) is -0.258. The molecule has 1 atom stereocenters. The van der Waals surface area contributed by atoms with Crippen LogP contribution in [0.25, 0.3) is 0 Å². The molecule has 0 spiro atoms. The van der Waals surface area contributed by atoms with E-state index in [9.17, 15) is 13.2 Å². The number of rotatable bonds is 6. The van der Waals surface area contributed by atoms with Gasteiger partial charge in [-0.15, -0.1) is 0 Å². The molecule has 1 amide bonds. The molecule has 0 fully saturated rings. The molecule has 1 aromatic carbocycles. The van der Waals surface area contributed by atoms with Crippen molar-refractivity contribution in [3.8, 4) is 0 Å². The van der Waals surface area contributed by atoms with Crippen molar-refractivity contribution in [2.45, 2.75) is 38.3 Å². The average Bonchev–Trinajstić information content (AvgIpc) is 2.81. The van der Waals surface area contributed by atoms with Crippen LogP contribution in [-0.4, -0.2) is 42.5 Å². The minimum atomic E-state index is -3.62. The lowest BCUT2D eigenvalue weighted by Crippen LogP contribution is -2.31. The molecule has 0 aliphatic rings. The molecule has 0 aliphatic carbocycles. The van der Waals surface area contributed by atoms with Crippen LogP contribution in [0, 0.1) is 13.8 Å². The second-order valence-electron chi connectivity index (χ2n) is 6.29. The number of hydrogen-bond acceptors (Lipinski definition) is 4. The highest BCUT2D eigenvalue weighted by atomic mass is 35.5. The number of carbonyl (C=O) groups is 1. The molecular formula is C17H23ClN4O3S. The molecule has 0 saturated heterocycles. The van der Waals surface area contributed by atoms with Crippen molar-refractivity contribution < 1.29 is 13.2 Å². The van der Waals surface area contributed by atoms with Gasteiger partial charge >= 0.3 is 0 Å². The summed E-state index contributed by atoms with van der Waals surface area (Å²) in [5.41, 5.74) is 1.73. The van der Waals surface area contributed by atoms with E-state index in [0.717, 1.165) is 9.87 Å². The molecule has 1 aromatic heterocycles. The Bertz CT molecular complexity index is 905. The summed E-state index contributed by atoms with van der Waals surface area (Å²) in [5, 5.41) is 7.73. The minimum Gasteiger partial charge on any atom is -0.348 e. The topological polar surface area (TPSA) is 84.3 Å². The molecule has 2 rings (SSSR count). The molecule has 1 N–H and O–H groups in total. The number of hydrogen-bond donors (Lipinski definition) is 1. The van der Waals surface area contributed by atoms with Gasteiger partial charge in [0.25, 0.3) is 0 Å². The van der Waals surface area contributed by atoms with Gasteiger partial charge in [-0.1, -0.05) is 23.7 Å². The lowest BCUT2D eigenvalue weighted by Gasteiger charge is -2.15. The van der Waals surface area contributed by atoms with Crippen LogP contribution in [-0.2, 0) is 21.4 Å². The highest BCUT2D eigenvalue weighted by molar-refractivity contribution is 7.89. The first kappa shape index (κ1) is 20.4. The van der Waals surface area contributed by atoms with Crippen molar-refractivity contribution in [1.82, 2.24) is 19.4 Å². The van der Waals surface area contributed by atoms with E-state index in [-0.39, 0.29) is 23.4 Å². The lowest BCUT2D eigenvalue weighted by atomic mass is 10.1. The third-order valence-corrected chi connectivity index (χ3v) is 6.41. The Morgan fingerprint density at radius 2 is 1.85 bits per heavy atom. The van der Waals surface area contributed by atoms with Crippen LogP contribution in [0.15, 0.2) is 29.2 Å². The van der Waals surface area contributed by atoms with Gasteiger partial charge in [-0.3, -0.25) is 9.48 Å².